The van der Waals surface area contributed by atoms with Gasteiger partial charge in [-0.1, -0.05) is 29.8 Å². The van der Waals surface area contributed by atoms with Crippen LogP contribution in [0.2, 0.25) is 5.02 Å². The monoisotopic (exact) mass is 476 g/mol. The molecule has 0 radical (unpaired) electrons. The van der Waals surface area contributed by atoms with Crippen molar-refractivity contribution >= 4 is 40.0 Å². The molecule has 0 bridgehead atoms. The van der Waals surface area contributed by atoms with E-state index < -0.39 is 17.7 Å². The van der Waals surface area contributed by atoms with E-state index in [1.807, 2.05) is 42.1 Å². The van der Waals surface area contributed by atoms with Crippen LogP contribution in [0.5, 0.6) is 5.75 Å². The number of aromatic nitrogens is 1. The quantitative estimate of drug-likeness (QED) is 0.247. The number of Topliss-reactive ketones (excluding diaryl/α,β-unsaturated/α-hetero) is 1. The molecular weight excluding hydrogens is 456 g/mol. The van der Waals surface area contributed by atoms with Gasteiger partial charge in [-0.15, -0.1) is 0 Å². The number of ketones is 1. The number of aryl methyl sites for hydroxylation is 1. The maximum atomic E-state index is 13.3. The van der Waals surface area contributed by atoms with E-state index in [0.29, 0.717) is 17.1 Å². The number of hydrogen-bond acceptors (Lipinski definition) is 5. The molecule has 0 saturated carbocycles. The second-order valence-corrected chi connectivity index (χ2v) is 8.48. The number of hydrogen-bond donors (Lipinski definition) is 1. The van der Waals surface area contributed by atoms with E-state index in [2.05, 4.69) is 0 Å². The Morgan fingerprint density at radius 2 is 1.94 bits per heavy atom. The number of aliphatic hydroxyl groups is 1. The molecule has 34 heavy (non-hydrogen) atoms. The number of likely N-dealkylation sites (tertiary alicyclic amines) is 1. The van der Waals surface area contributed by atoms with Crippen molar-refractivity contribution in [3.8, 4) is 5.75 Å². The number of halogens is 1. The topological polar surface area (TPSA) is 84.9 Å². The number of benzene rings is 2. The van der Waals surface area contributed by atoms with E-state index in [-0.39, 0.29) is 22.9 Å². The largest absolute Gasteiger partial charge is 0.507 e. The van der Waals surface area contributed by atoms with Crippen LogP contribution in [0.4, 0.5) is 0 Å². The van der Waals surface area contributed by atoms with Gasteiger partial charge in [0.15, 0.2) is 0 Å². The molecule has 1 fully saturated rings. The number of carbonyl (C=O) groups is 2. The zero-order valence-electron chi connectivity index (χ0n) is 18.5. The fraction of sp³-hybridized carbons (Fsp3) is 0.154. The number of nitrogens with zero attached hydrogens (tertiary/aromatic N) is 2. The summed E-state index contributed by atoms with van der Waals surface area (Å²) in [5, 5.41) is 12.5. The Kier molecular flexibility index (Phi) is 5.42. The van der Waals surface area contributed by atoms with Gasteiger partial charge in [0, 0.05) is 35.3 Å². The number of ether oxygens (including phenoxy) is 1. The number of carbonyl (C=O) groups excluding carboxylic acids is 2. The van der Waals surface area contributed by atoms with Crippen LogP contribution >= 0.6 is 11.6 Å². The molecule has 1 saturated heterocycles. The van der Waals surface area contributed by atoms with Crippen LogP contribution in [0.15, 0.2) is 77.0 Å². The van der Waals surface area contributed by atoms with Crippen LogP contribution < -0.4 is 4.74 Å². The minimum atomic E-state index is -0.822. The lowest BCUT2D eigenvalue weighted by Gasteiger charge is -2.24. The number of aliphatic hydroxyl groups excluding tert-OH is 1. The van der Waals surface area contributed by atoms with Gasteiger partial charge in [-0.05, 0) is 36.4 Å². The first-order chi connectivity index (χ1) is 16.4. The van der Waals surface area contributed by atoms with E-state index in [0.717, 1.165) is 16.5 Å². The van der Waals surface area contributed by atoms with Crippen molar-refractivity contribution in [3.63, 3.8) is 0 Å². The Balaban J connectivity index is 1.73. The third kappa shape index (κ3) is 3.45. The SMILES string of the molecule is COc1ccc(/C(O)=C2\C(=O)C(=O)N(Cc3ccco3)C2c2cn(C)c3ccccc23)cc1Cl. The summed E-state index contributed by atoms with van der Waals surface area (Å²) in [4.78, 5) is 27.9. The van der Waals surface area contributed by atoms with E-state index >= 15 is 0 Å². The first kappa shape index (κ1) is 21.9. The summed E-state index contributed by atoms with van der Waals surface area (Å²) in [5.74, 6) is -0.825. The lowest BCUT2D eigenvalue weighted by Crippen LogP contribution is -2.29. The van der Waals surface area contributed by atoms with Crippen LogP contribution in [-0.4, -0.2) is 33.4 Å². The highest BCUT2D eigenvalue weighted by Gasteiger charge is 2.47. The molecule has 5 rings (SSSR count). The summed E-state index contributed by atoms with van der Waals surface area (Å²) < 4.78 is 12.6. The van der Waals surface area contributed by atoms with Crippen LogP contribution in [0.3, 0.4) is 0 Å². The lowest BCUT2D eigenvalue weighted by molar-refractivity contribution is -0.140. The second-order valence-electron chi connectivity index (χ2n) is 8.07. The molecule has 1 aliphatic heterocycles. The molecule has 1 unspecified atom stereocenters. The summed E-state index contributed by atoms with van der Waals surface area (Å²) in [7, 11) is 3.38. The second kappa shape index (κ2) is 8.43. The van der Waals surface area contributed by atoms with Gasteiger partial charge < -0.3 is 23.7 Å². The van der Waals surface area contributed by atoms with E-state index in [4.69, 9.17) is 20.8 Å². The molecule has 0 aliphatic carbocycles. The first-order valence-electron chi connectivity index (χ1n) is 10.6. The molecule has 1 amide bonds. The third-order valence-corrected chi connectivity index (χ3v) is 6.39. The van der Waals surface area contributed by atoms with Crippen molar-refractivity contribution in [3.05, 3.63) is 94.5 Å². The summed E-state index contributed by atoms with van der Waals surface area (Å²) in [5.41, 5.74) is 1.97. The van der Waals surface area contributed by atoms with Crippen LogP contribution in [-0.2, 0) is 23.2 Å². The zero-order chi connectivity index (χ0) is 24.0. The van der Waals surface area contributed by atoms with Crippen LogP contribution in [0, 0.1) is 0 Å². The predicted molar refractivity (Wildman–Crippen MR) is 127 cm³/mol. The van der Waals surface area contributed by atoms with Gasteiger partial charge in [0.25, 0.3) is 11.7 Å². The number of fused-ring (bicyclic) bond motifs is 1. The highest BCUT2D eigenvalue weighted by Crippen LogP contribution is 2.43. The Labute approximate surface area is 200 Å². The maximum Gasteiger partial charge on any atom is 0.296 e. The third-order valence-electron chi connectivity index (χ3n) is 6.09. The molecule has 2 aromatic carbocycles. The standard InChI is InChI=1S/C26H21ClN2O5/c1-28-14-18(17-7-3-4-8-20(17)28)23-22(24(30)15-9-10-21(33-2)19(27)12-15)25(31)26(32)29(23)13-16-6-5-11-34-16/h3-12,14,23,30H,13H2,1-2H3/b24-22+. The lowest BCUT2D eigenvalue weighted by atomic mass is 9.95. The highest BCUT2D eigenvalue weighted by atomic mass is 35.5. The first-order valence-corrected chi connectivity index (χ1v) is 11.0. The number of rotatable bonds is 5. The number of methoxy groups -OCH3 is 1. The van der Waals surface area contributed by atoms with Gasteiger partial charge in [0.1, 0.15) is 17.3 Å². The number of para-hydroxylation sites is 1. The molecule has 1 atom stereocenters. The van der Waals surface area contributed by atoms with E-state index in [9.17, 15) is 14.7 Å². The van der Waals surface area contributed by atoms with Gasteiger partial charge in [-0.25, -0.2) is 0 Å². The van der Waals surface area contributed by atoms with Gasteiger partial charge in [-0.2, -0.15) is 0 Å². The van der Waals surface area contributed by atoms with Crippen molar-refractivity contribution in [2.45, 2.75) is 12.6 Å². The number of amides is 1. The fourth-order valence-corrected chi connectivity index (χ4v) is 4.75. The molecule has 7 nitrogen and oxygen atoms in total. The van der Waals surface area contributed by atoms with Crippen molar-refractivity contribution in [2.24, 2.45) is 7.05 Å². The Morgan fingerprint density at radius 1 is 1.15 bits per heavy atom. The van der Waals surface area contributed by atoms with Crippen LogP contribution in [0.25, 0.3) is 16.7 Å². The molecule has 1 N–H and O–H groups in total. The minimum Gasteiger partial charge on any atom is -0.507 e. The van der Waals surface area contributed by atoms with Crippen molar-refractivity contribution in [1.82, 2.24) is 9.47 Å². The van der Waals surface area contributed by atoms with Gasteiger partial charge in [0.2, 0.25) is 0 Å². The molecule has 3 heterocycles. The zero-order valence-corrected chi connectivity index (χ0v) is 19.2. The smallest absolute Gasteiger partial charge is 0.296 e. The maximum absolute atomic E-state index is 13.3. The molecule has 4 aromatic rings. The van der Waals surface area contributed by atoms with Gasteiger partial charge in [-0.3, -0.25) is 9.59 Å². The van der Waals surface area contributed by atoms with Gasteiger partial charge >= 0.3 is 0 Å². The molecule has 0 spiro atoms. The highest BCUT2D eigenvalue weighted by molar-refractivity contribution is 6.46. The minimum absolute atomic E-state index is 0.00542. The van der Waals surface area contributed by atoms with Crippen molar-refractivity contribution in [1.29, 1.82) is 0 Å². The normalized spacial score (nSPS) is 17.6. The van der Waals surface area contributed by atoms with E-state index in [1.165, 1.54) is 24.3 Å². The average Bonchev–Trinajstić information content (AvgIpc) is 3.53. The number of furan rings is 1. The molecule has 8 heteroatoms. The summed E-state index contributed by atoms with van der Waals surface area (Å²) in [6.07, 6.45) is 3.39. The molecule has 1 aliphatic rings. The van der Waals surface area contributed by atoms with Crippen LogP contribution in [0.1, 0.15) is 22.9 Å². The Bertz CT molecular complexity index is 1450. The molecule has 172 valence electrons. The van der Waals surface area contributed by atoms with Gasteiger partial charge in [0.05, 0.1) is 36.6 Å². The van der Waals surface area contributed by atoms with Crippen molar-refractivity contribution in [2.75, 3.05) is 7.11 Å². The predicted octanol–water partition coefficient (Wildman–Crippen LogP) is 5.06. The van der Waals surface area contributed by atoms with Crippen molar-refractivity contribution < 1.29 is 23.8 Å². The summed E-state index contributed by atoms with van der Waals surface area (Å²) in [6.45, 7) is 0.0750. The fourth-order valence-electron chi connectivity index (χ4n) is 4.50. The molecule has 2 aromatic heterocycles. The average molecular weight is 477 g/mol. The molecular formula is C26H21ClN2O5. The summed E-state index contributed by atoms with van der Waals surface area (Å²) in [6, 6.07) is 15.1. The Hall–Kier alpha value is -3.97. The van der Waals surface area contributed by atoms with E-state index in [1.54, 1.807) is 24.3 Å². The Morgan fingerprint density at radius 3 is 2.65 bits per heavy atom. The summed E-state index contributed by atoms with van der Waals surface area (Å²) >= 11 is 6.27.